The van der Waals surface area contributed by atoms with Gasteiger partial charge in [-0.1, -0.05) is 24.6 Å². The topological polar surface area (TPSA) is 98.1 Å². The quantitative estimate of drug-likeness (QED) is 0.592. The van der Waals surface area contributed by atoms with Crippen molar-refractivity contribution in [1.82, 2.24) is 25.4 Å². The Bertz CT molecular complexity index is 862. The summed E-state index contributed by atoms with van der Waals surface area (Å²) in [5, 5.41) is 14.9. The molecule has 0 spiro atoms. The molecule has 0 bridgehead atoms. The van der Waals surface area contributed by atoms with E-state index >= 15 is 0 Å². The molecule has 1 aromatic carbocycles. The first-order valence-electron chi connectivity index (χ1n) is 10.3. The van der Waals surface area contributed by atoms with Crippen LogP contribution >= 0.6 is 11.8 Å². The molecular weight excluding hydrogens is 402 g/mol. The zero-order chi connectivity index (χ0) is 21.5. The molecule has 1 aromatic heterocycles. The Morgan fingerprint density at radius 1 is 1.23 bits per heavy atom. The fourth-order valence-electron chi connectivity index (χ4n) is 3.40. The van der Waals surface area contributed by atoms with Crippen molar-refractivity contribution in [3.05, 3.63) is 35.7 Å². The molecule has 0 saturated heterocycles. The predicted molar refractivity (Wildman–Crippen MR) is 116 cm³/mol. The van der Waals surface area contributed by atoms with Crippen molar-refractivity contribution < 1.29 is 14.3 Å². The van der Waals surface area contributed by atoms with Gasteiger partial charge < -0.3 is 19.9 Å². The van der Waals surface area contributed by atoms with Crippen molar-refractivity contribution in [1.29, 1.82) is 0 Å². The zero-order valence-corrected chi connectivity index (χ0v) is 18.5. The van der Waals surface area contributed by atoms with E-state index < -0.39 is 0 Å². The Balaban J connectivity index is 1.47. The molecule has 30 heavy (non-hydrogen) atoms. The predicted octanol–water partition coefficient (Wildman–Crippen LogP) is 2.34. The van der Waals surface area contributed by atoms with Gasteiger partial charge in [0.15, 0.2) is 5.16 Å². The second-order valence-electron chi connectivity index (χ2n) is 7.44. The number of amides is 2. The lowest BCUT2D eigenvalue weighted by molar-refractivity contribution is -0.120. The summed E-state index contributed by atoms with van der Waals surface area (Å²) in [5.74, 6) is 1.37. The normalized spacial score (nSPS) is 15.0. The van der Waals surface area contributed by atoms with E-state index in [0.717, 1.165) is 18.7 Å². The molecule has 9 heteroatoms. The molecule has 1 aliphatic carbocycles. The van der Waals surface area contributed by atoms with Crippen LogP contribution in [0.15, 0.2) is 29.4 Å². The summed E-state index contributed by atoms with van der Waals surface area (Å²) < 4.78 is 6.98. The first kappa shape index (κ1) is 22.1. The maximum atomic E-state index is 12.4. The van der Waals surface area contributed by atoms with Crippen LogP contribution in [0.2, 0.25) is 0 Å². The number of ether oxygens (including phenoxy) is 1. The van der Waals surface area contributed by atoms with Gasteiger partial charge in [0.25, 0.3) is 5.91 Å². The van der Waals surface area contributed by atoms with Crippen LogP contribution in [0, 0.1) is 0 Å². The van der Waals surface area contributed by atoms with Crippen molar-refractivity contribution in [2.75, 3.05) is 13.7 Å². The zero-order valence-electron chi connectivity index (χ0n) is 17.7. The van der Waals surface area contributed by atoms with Crippen molar-refractivity contribution in [2.24, 2.45) is 7.05 Å². The number of carbonyl (C=O) groups excluding carboxylic acids is 2. The fourth-order valence-corrected chi connectivity index (χ4v) is 4.24. The Morgan fingerprint density at radius 3 is 2.60 bits per heavy atom. The van der Waals surface area contributed by atoms with Gasteiger partial charge in [0.2, 0.25) is 5.91 Å². The van der Waals surface area contributed by atoms with Crippen LogP contribution in [-0.2, 0) is 18.3 Å². The van der Waals surface area contributed by atoms with E-state index in [1.165, 1.54) is 24.6 Å². The number of methoxy groups -OCH3 is 1. The summed E-state index contributed by atoms with van der Waals surface area (Å²) in [6.07, 6.45) is 5.07. The third kappa shape index (κ3) is 5.75. The fraction of sp³-hybridized carbons (Fsp3) is 0.524. The highest BCUT2D eigenvalue weighted by atomic mass is 32.2. The van der Waals surface area contributed by atoms with Gasteiger partial charge in [-0.15, -0.1) is 10.2 Å². The number of thioether (sulfide) groups is 1. The van der Waals surface area contributed by atoms with Gasteiger partial charge in [0.05, 0.1) is 12.4 Å². The molecule has 2 aromatic rings. The summed E-state index contributed by atoms with van der Waals surface area (Å²) in [6, 6.07) is 7.27. The van der Waals surface area contributed by atoms with Gasteiger partial charge in [-0.2, -0.15) is 0 Å². The first-order valence-corrected chi connectivity index (χ1v) is 11.1. The Morgan fingerprint density at radius 2 is 1.93 bits per heavy atom. The van der Waals surface area contributed by atoms with Crippen LogP contribution in [0.5, 0.6) is 5.75 Å². The van der Waals surface area contributed by atoms with Gasteiger partial charge in [-0.05, 0) is 44.0 Å². The van der Waals surface area contributed by atoms with Crippen LogP contribution < -0.4 is 15.4 Å². The maximum absolute atomic E-state index is 12.4. The molecule has 3 rings (SSSR count). The third-order valence-electron chi connectivity index (χ3n) is 5.26. The van der Waals surface area contributed by atoms with Crippen LogP contribution in [0.1, 0.15) is 48.8 Å². The average Bonchev–Trinajstić information content (AvgIpc) is 3.38. The summed E-state index contributed by atoms with van der Waals surface area (Å²) >= 11 is 1.40. The van der Waals surface area contributed by atoms with Crippen molar-refractivity contribution in [3.8, 4) is 5.75 Å². The van der Waals surface area contributed by atoms with E-state index in [-0.39, 0.29) is 17.1 Å². The van der Waals surface area contributed by atoms with Gasteiger partial charge in [0, 0.05) is 31.6 Å². The molecule has 0 radical (unpaired) electrons. The lowest BCUT2D eigenvalue weighted by Crippen LogP contribution is -2.37. The number of aromatic nitrogens is 3. The van der Waals surface area contributed by atoms with Crippen molar-refractivity contribution in [3.63, 3.8) is 0 Å². The molecule has 0 unspecified atom stereocenters. The number of hydrogen-bond acceptors (Lipinski definition) is 6. The summed E-state index contributed by atoms with van der Waals surface area (Å²) in [5.41, 5.74) is 0.576. The molecule has 2 amide bonds. The van der Waals surface area contributed by atoms with Crippen LogP contribution in [0.4, 0.5) is 0 Å². The number of rotatable bonds is 9. The van der Waals surface area contributed by atoms with E-state index in [0.29, 0.717) is 35.5 Å². The highest BCUT2D eigenvalue weighted by Gasteiger charge is 2.23. The number of benzene rings is 1. The summed E-state index contributed by atoms with van der Waals surface area (Å²) in [4.78, 5) is 24.6. The highest BCUT2D eigenvalue weighted by Crippen LogP contribution is 2.23. The molecule has 8 nitrogen and oxygen atoms in total. The molecule has 1 aliphatic rings. The number of carbonyl (C=O) groups is 2. The summed E-state index contributed by atoms with van der Waals surface area (Å²) in [7, 11) is 3.47. The average molecular weight is 432 g/mol. The SMILES string of the molecule is COc1ccc(C(=O)NCCc2nnc(S[C@H](C)C(=O)NC3CCCC3)n2C)cc1. The lowest BCUT2D eigenvalue weighted by atomic mass is 10.2. The molecule has 1 heterocycles. The highest BCUT2D eigenvalue weighted by molar-refractivity contribution is 8.00. The number of nitrogens with zero attached hydrogens (tertiary/aromatic N) is 3. The largest absolute Gasteiger partial charge is 0.497 e. The molecule has 162 valence electrons. The van der Waals surface area contributed by atoms with Gasteiger partial charge >= 0.3 is 0 Å². The minimum absolute atomic E-state index is 0.0446. The molecule has 1 fully saturated rings. The number of hydrogen-bond donors (Lipinski definition) is 2. The van der Waals surface area contributed by atoms with E-state index in [1.807, 2.05) is 18.5 Å². The summed E-state index contributed by atoms with van der Waals surface area (Å²) in [6.45, 7) is 2.33. The molecular formula is C21H29N5O3S. The third-order valence-corrected chi connectivity index (χ3v) is 6.40. The smallest absolute Gasteiger partial charge is 0.251 e. The van der Waals surface area contributed by atoms with Crippen LogP contribution in [0.3, 0.4) is 0 Å². The molecule has 1 saturated carbocycles. The van der Waals surface area contributed by atoms with Gasteiger partial charge in [0.1, 0.15) is 11.6 Å². The van der Waals surface area contributed by atoms with Crippen LogP contribution in [0.25, 0.3) is 0 Å². The monoisotopic (exact) mass is 431 g/mol. The minimum Gasteiger partial charge on any atom is -0.497 e. The standard InChI is InChI=1S/C21H29N5O3S/c1-14(19(27)23-16-6-4-5-7-16)30-21-25-24-18(26(21)2)12-13-22-20(28)15-8-10-17(29-3)11-9-15/h8-11,14,16H,4-7,12-13H2,1-3H3,(H,22,28)(H,23,27)/t14-/m1/s1. The Hall–Kier alpha value is -2.55. The van der Waals surface area contributed by atoms with Gasteiger partial charge in [-0.25, -0.2) is 0 Å². The Kier molecular flexibility index (Phi) is 7.73. The van der Waals surface area contributed by atoms with E-state index in [2.05, 4.69) is 20.8 Å². The second kappa shape index (κ2) is 10.5. The first-order chi connectivity index (χ1) is 14.5. The van der Waals surface area contributed by atoms with Gasteiger partial charge in [-0.3, -0.25) is 9.59 Å². The molecule has 1 atom stereocenters. The second-order valence-corrected chi connectivity index (χ2v) is 8.75. The molecule has 0 aliphatic heterocycles. The number of nitrogens with one attached hydrogen (secondary N) is 2. The van der Waals surface area contributed by atoms with Crippen molar-refractivity contribution >= 4 is 23.6 Å². The van der Waals surface area contributed by atoms with Crippen LogP contribution in [-0.4, -0.2) is 51.5 Å². The minimum atomic E-state index is -0.240. The van der Waals surface area contributed by atoms with Crippen molar-refractivity contribution in [2.45, 2.75) is 55.5 Å². The Labute approximate surface area is 181 Å². The molecule has 2 N–H and O–H groups in total. The maximum Gasteiger partial charge on any atom is 0.251 e. The van der Waals surface area contributed by atoms with E-state index in [9.17, 15) is 9.59 Å². The van der Waals surface area contributed by atoms with E-state index in [1.54, 1.807) is 31.4 Å². The lowest BCUT2D eigenvalue weighted by Gasteiger charge is -2.16. The van der Waals surface area contributed by atoms with E-state index in [4.69, 9.17) is 4.74 Å².